The van der Waals surface area contributed by atoms with Gasteiger partial charge >= 0.3 is 11.9 Å². The lowest BCUT2D eigenvalue weighted by Crippen LogP contribution is -2.37. The molecule has 0 bridgehead atoms. The number of allylic oxidation sites excluding steroid dienone is 1. The van der Waals surface area contributed by atoms with E-state index in [-0.39, 0.29) is 40.5 Å². The molecule has 3 N–H and O–H groups in total. The number of carbonyl (C=O) groups is 2. The molecule has 0 radical (unpaired) electrons. The third-order valence-corrected chi connectivity index (χ3v) is 4.47. The molecule has 0 fully saturated rings. The molecule has 32 heavy (non-hydrogen) atoms. The summed E-state index contributed by atoms with van der Waals surface area (Å²) in [5, 5.41) is 23.8. The Hall–Kier alpha value is -4.16. The number of esters is 2. The van der Waals surface area contributed by atoms with Crippen LogP contribution in [0, 0.1) is 20.2 Å². The van der Waals surface area contributed by atoms with Crippen LogP contribution in [0.3, 0.4) is 0 Å². The van der Waals surface area contributed by atoms with Crippen molar-refractivity contribution in [2.24, 2.45) is 5.73 Å². The lowest BCUT2D eigenvalue weighted by molar-refractivity contribution is -0.767. The largest absolute Gasteiger partial charge is 0.463 e. The van der Waals surface area contributed by atoms with Gasteiger partial charge in [-0.15, -0.1) is 10.1 Å². The molecule has 0 saturated carbocycles. The van der Waals surface area contributed by atoms with E-state index in [0.717, 1.165) is 0 Å². The third kappa shape index (κ3) is 5.30. The van der Waals surface area contributed by atoms with Crippen LogP contribution in [-0.2, 0) is 23.9 Å². The topological polar surface area (TPSA) is 186 Å². The molecule has 0 amide bonds. The molecule has 2 atom stereocenters. The second-order valence-corrected chi connectivity index (χ2v) is 6.70. The van der Waals surface area contributed by atoms with Gasteiger partial charge in [-0.2, -0.15) is 0 Å². The number of para-hydroxylation sites is 1. The maximum atomic E-state index is 13.0. The minimum atomic E-state index is -1.28. The summed E-state index contributed by atoms with van der Waals surface area (Å²) in [4.78, 5) is 51.4. The second kappa shape index (κ2) is 10.2. The number of rotatable bonds is 9. The number of ether oxygens (including phenoxy) is 2. The van der Waals surface area contributed by atoms with Crippen LogP contribution in [0.1, 0.15) is 32.3 Å². The summed E-state index contributed by atoms with van der Waals surface area (Å²) in [6.07, 6.45) is -1.07. The van der Waals surface area contributed by atoms with E-state index in [1.165, 1.54) is 38.1 Å². The van der Waals surface area contributed by atoms with Crippen molar-refractivity contribution in [1.82, 2.24) is 5.32 Å². The van der Waals surface area contributed by atoms with Crippen LogP contribution in [0.15, 0.2) is 46.9 Å². The van der Waals surface area contributed by atoms with E-state index < -0.39 is 40.6 Å². The van der Waals surface area contributed by atoms with Crippen molar-refractivity contribution in [3.63, 3.8) is 0 Å². The van der Waals surface area contributed by atoms with E-state index in [9.17, 15) is 29.8 Å². The molecule has 1 heterocycles. The molecule has 1 aliphatic heterocycles. The normalized spacial score (nSPS) is 16.7. The first-order valence-electron chi connectivity index (χ1n) is 9.44. The highest BCUT2D eigenvalue weighted by molar-refractivity contribution is 6.00. The van der Waals surface area contributed by atoms with E-state index in [1.807, 2.05) is 0 Å². The minimum Gasteiger partial charge on any atom is -0.463 e. The van der Waals surface area contributed by atoms with Gasteiger partial charge in [0.1, 0.15) is 18.5 Å². The lowest BCUT2D eigenvalue weighted by atomic mass is 9.80. The first kappa shape index (κ1) is 24.1. The number of nitro benzene ring substituents is 1. The van der Waals surface area contributed by atoms with Crippen LogP contribution in [0.2, 0.25) is 0 Å². The zero-order chi connectivity index (χ0) is 24.0. The van der Waals surface area contributed by atoms with E-state index in [0.29, 0.717) is 0 Å². The van der Waals surface area contributed by atoms with Crippen LogP contribution >= 0.6 is 0 Å². The van der Waals surface area contributed by atoms with Gasteiger partial charge in [0.15, 0.2) is 0 Å². The first-order valence-corrected chi connectivity index (χ1v) is 9.44. The van der Waals surface area contributed by atoms with E-state index in [1.54, 1.807) is 6.92 Å². The van der Waals surface area contributed by atoms with Crippen molar-refractivity contribution in [3.8, 4) is 0 Å². The average Bonchev–Trinajstić information content (AvgIpc) is 2.71. The van der Waals surface area contributed by atoms with Gasteiger partial charge < -0.3 is 25.4 Å². The average molecular weight is 450 g/mol. The zero-order valence-corrected chi connectivity index (χ0v) is 17.5. The van der Waals surface area contributed by atoms with E-state index in [4.69, 9.17) is 15.2 Å². The van der Waals surface area contributed by atoms with Gasteiger partial charge in [-0.1, -0.05) is 18.2 Å². The maximum Gasteiger partial charge on any atom is 0.338 e. The number of nitrogens with two attached hydrogens (primary N) is 1. The summed E-state index contributed by atoms with van der Waals surface area (Å²) >= 11 is 0. The molecule has 2 rings (SSSR count). The Morgan fingerprint density at radius 1 is 1.16 bits per heavy atom. The van der Waals surface area contributed by atoms with Crippen molar-refractivity contribution in [3.05, 3.63) is 72.7 Å². The summed E-state index contributed by atoms with van der Waals surface area (Å²) in [6.45, 7) is 3.88. The fraction of sp³-hybridized carbons (Fsp3) is 0.368. The number of nitrogens with one attached hydrogen (secondary N) is 1. The Labute approximate surface area is 182 Å². The highest BCUT2D eigenvalue weighted by atomic mass is 17.0. The molecule has 0 spiro atoms. The summed E-state index contributed by atoms with van der Waals surface area (Å²) in [5.74, 6) is -3.25. The molecule has 1 aliphatic rings. The van der Waals surface area contributed by atoms with Crippen molar-refractivity contribution >= 4 is 17.6 Å². The van der Waals surface area contributed by atoms with Crippen LogP contribution in [0.4, 0.5) is 5.69 Å². The third-order valence-electron chi connectivity index (χ3n) is 4.47. The summed E-state index contributed by atoms with van der Waals surface area (Å²) in [5.41, 5.74) is 5.53. The van der Waals surface area contributed by atoms with Crippen LogP contribution in [-0.4, -0.2) is 41.3 Å². The smallest absolute Gasteiger partial charge is 0.338 e. The SMILES string of the molecule is CCOC(=O)C1=C(N)NC(C)=C(C(=O)OCC(C)O[N+](=O)[O-])C1c1ccccc1[N+](=O)[O-]. The summed E-state index contributed by atoms with van der Waals surface area (Å²) in [7, 11) is 0. The number of benzene rings is 1. The molecule has 0 aliphatic carbocycles. The number of nitro groups is 1. The van der Waals surface area contributed by atoms with Crippen molar-refractivity contribution in [1.29, 1.82) is 0 Å². The molecular formula is C19H22N4O9. The van der Waals surface area contributed by atoms with Crippen LogP contribution in [0.5, 0.6) is 0 Å². The molecule has 2 unspecified atom stereocenters. The summed E-state index contributed by atoms with van der Waals surface area (Å²) < 4.78 is 10.2. The van der Waals surface area contributed by atoms with E-state index in [2.05, 4.69) is 10.2 Å². The van der Waals surface area contributed by atoms with Gasteiger partial charge in [0.2, 0.25) is 0 Å². The fourth-order valence-electron chi connectivity index (χ4n) is 3.22. The Kier molecular flexibility index (Phi) is 7.71. The number of hydrogen-bond acceptors (Lipinski definition) is 11. The second-order valence-electron chi connectivity index (χ2n) is 6.70. The molecule has 0 aromatic heterocycles. The molecule has 1 aromatic rings. The van der Waals surface area contributed by atoms with Crippen molar-refractivity contribution in [2.45, 2.75) is 32.8 Å². The molecule has 172 valence electrons. The Balaban J connectivity index is 2.57. The Morgan fingerprint density at radius 3 is 2.38 bits per heavy atom. The van der Waals surface area contributed by atoms with Crippen molar-refractivity contribution in [2.75, 3.05) is 13.2 Å². The molecule has 13 nitrogen and oxygen atoms in total. The standard InChI is InChI=1S/C19H22N4O9/c1-4-30-19(25)16-15(12-7-5-6-8-13(12)22(26)27)14(11(3)21-17(16)20)18(24)31-9-10(2)32-23(28)29/h5-8,10,15,21H,4,9,20H2,1-3H3. The zero-order valence-electron chi connectivity index (χ0n) is 17.5. The van der Waals surface area contributed by atoms with E-state index >= 15 is 0 Å². The van der Waals surface area contributed by atoms with Gasteiger partial charge in [0.25, 0.3) is 10.8 Å². The van der Waals surface area contributed by atoms with Crippen LogP contribution in [0.25, 0.3) is 0 Å². The monoisotopic (exact) mass is 450 g/mol. The molecule has 1 aromatic carbocycles. The Bertz CT molecular complexity index is 1000. The Morgan fingerprint density at radius 2 is 1.78 bits per heavy atom. The van der Waals surface area contributed by atoms with Gasteiger partial charge in [-0.25, -0.2) is 9.59 Å². The highest BCUT2D eigenvalue weighted by Gasteiger charge is 2.41. The maximum absolute atomic E-state index is 13.0. The number of dihydropyridines is 1. The summed E-state index contributed by atoms with van der Waals surface area (Å²) in [6, 6.07) is 5.56. The van der Waals surface area contributed by atoms with Crippen molar-refractivity contribution < 1.29 is 33.9 Å². The quantitative estimate of drug-likeness (QED) is 0.315. The predicted molar refractivity (Wildman–Crippen MR) is 108 cm³/mol. The molecular weight excluding hydrogens is 428 g/mol. The molecule has 13 heteroatoms. The first-order chi connectivity index (χ1) is 15.1. The minimum absolute atomic E-state index is 0.00254. The van der Waals surface area contributed by atoms with Gasteiger partial charge in [0, 0.05) is 17.3 Å². The number of carbonyl (C=O) groups excluding carboxylic acids is 2. The van der Waals surface area contributed by atoms with Gasteiger partial charge in [0.05, 0.1) is 28.6 Å². The fourth-order valence-corrected chi connectivity index (χ4v) is 3.22. The lowest BCUT2D eigenvalue weighted by Gasteiger charge is -2.29. The van der Waals surface area contributed by atoms with Crippen LogP contribution < -0.4 is 11.1 Å². The number of hydrogen-bond donors (Lipinski definition) is 2. The highest BCUT2D eigenvalue weighted by Crippen LogP contribution is 2.41. The molecule has 0 saturated heterocycles. The predicted octanol–water partition coefficient (Wildman–Crippen LogP) is 1.43. The van der Waals surface area contributed by atoms with Gasteiger partial charge in [-0.05, 0) is 20.8 Å². The number of nitrogens with zero attached hydrogens (tertiary/aromatic N) is 2. The van der Waals surface area contributed by atoms with Gasteiger partial charge in [-0.3, -0.25) is 10.1 Å².